The normalized spacial score (nSPS) is 16.1. The summed E-state index contributed by atoms with van der Waals surface area (Å²) >= 11 is 0. The van der Waals surface area contributed by atoms with E-state index in [1.165, 1.54) is 83.5 Å². The first-order chi connectivity index (χ1) is 9.93. The Kier molecular flexibility index (Phi) is 12.5. The van der Waals surface area contributed by atoms with E-state index in [-0.39, 0.29) is 0 Å². The first-order valence-corrected chi connectivity index (χ1v) is 9.24. The van der Waals surface area contributed by atoms with Crippen LogP contribution in [-0.2, 0) is 4.74 Å². The molecule has 1 fully saturated rings. The summed E-state index contributed by atoms with van der Waals surface area (Å²) in [7, 11) is 0. The summed E-state index contributed by atoms with van der Waals surface area (Å²) in [4.78, 5) is 0. The second kappa shape index (κ2) is 13.9. The van der Waals surface area contributed by atoms with Crippen LogP contribution >= 0.6 is 0 Å². The summed E-state index contributed by atoms with van der Waals surface area (Å²) in [6, 6.07) is 0.784. The highest BCUT2D eigenvalue weighted by Crippen LogP contribution is 2.17. The molecule has 0 aliphatic heterocycles. The minimum atomic E-state index is 0.784. The first kappa shape index (κ1) is 18.0. The maximum atomic E-state index is 5.69. The Balaban J connectivity index is 1.66. The molecule has 0 spiro atoms. The lowest BCUT2D eigenvalue weighted by Crippen LogP contribution is -2.29. The van der Waals surface area contributed by atoms with Crippen LogP contribution in [0.4, 0.5) is 0 Å². The molecule has 1 aliphatic rings. The lowest BCUT2D eigenvalue weighted by molar-refractivity contribution is 0.129. The van der Waals surface area contributed by atoms with E-state index in [1.807, 2.05) is 0 Å². The highest BCUT2D eigenvalue weighted by atomic mass is 16.5. The van der Waals surface area contributed by atoms with Gasteiger partial charge < -0.3 is 10.1 Å². The highest BCUT2D eigenvalue weighted by Gasteiger charge is 2.12. The molecule has 2 heteroatoms. The van der Waals surface area contributed by atoms with Crippen molar-refractivity contribution in [3.8, 4) is 0 Å². The number of ether oxygens (including phenoxy) is 1. The molecule has 1 saturated carbocycles. The predicted molar refractivity (Wildman–Crippen MR) is 88.3 cm³/mol. The van der Waals surface area contributed by atoms with E-state index in [2.05, 4.69) is 12.2 Å². The fraction of sp³-hybridized carbons (Fsp3) is 1.00. The Bertz CT molecular complexity index is 190. The van der Waals surface area contributed by atoms with Gasteiger partial charge in [0.2, 0.25) is 0 Å². The number of hydrogen-bond acceptors (Lipinski definition) is 2. The van der Waals surface area contributed by atoms with Crippen molar-refractivity contribution < 1.29 is 4.74 Å². The smallest absolute Gasteiger partial charge is 0.0590 e. The molecule has 0 aromatic rings. The molecule has 0 aromatic carbocycles. The third kappa shape index (κ3) is 10.7. The minimum Gasteiger partial charge on any atom is -0.380 e. The van der Waals surface area contributed by atoms with Crippen molar-refractivity contribution in [1.82, 2.24) is 5.32 Å². The van der Waals surface area contributed by atoms with E-state index < -0.39 is 0 Å². The van der Waals surface area contributed by atoms with Crippen molar-refractivity contribution in [3.05, 3.63) is 0 Å². The Morgan fingerprint density at radius 2 is 1.40 bits per heavy atom. The molecule has 0 radical (unpaired) electrons. The predicted octanol–water partition coefficient (Wildman–Crippen LogP) is 5.07. The van der Waals surface area contributed by atoms with Gasteiger partial charge in [-0.3, -0.25) is 0 Å². The van der Waals surface area contributed by atoms with Crippen LogP contribution in [0.3, 0.4) is 0 Å². The maximum absolute atomic E-state index is 5.69. The lowest BCUT2D eigenvalue weighted by atomic mass is 10.1. The zero-order valence-corrected chi connectivity index (χ0v) is 13.8. The Morgan fingerprint density at radius 3 is 2.05 bits per heavy atom. The monoisotopic (exact) mass is 283 g/mol. The molecule has 0 atom stereocenters. The molecular formula is C18H37NO. The van der Waals surface area contributed by atoms with Crippen LogP contribution in [-0.4, -0.2) is 25.8 Å². The number of unbranched alkanes of at least 4 members (excludes halogenated alkanes) is 8. The molecule has 0 saturated heterocycles. The number of hydrogen-bond donors (Lipinski definition) is 1. The van der Waals surface area contributed by atoms with E-state index in [1.54, 1.807) is 0 Å². The molecule has 0 unspecified atom stereocenters. The van der Waals surface area contributed by atoms with Gasteiger partial charge in [-0.15, -0.1) is 0 Å². The molecule has 0 amide bonds. The summed E-state index contributed by atoms with van der Waals surface area (Å²) in [5.74, 6) is 0. The summed E-state index contributed by atoms with van der Waals surface area (Å²) in [5, 5.41) is 3.59. The van der Waals surface area contributed by atoms with Crippen LogP contribution in [0, 0.1) is 0 Å². The third-order valence-electron chi connectivity index (χ3n) is 4.43. The quantitative estimate of drug-likeness (QED) is 0.450. The van der Waals surface area contributed by atoms with E-state index >= 15 is 0 Å². The van der Waals surface area contributed by atoms with Gasteiger partial charge in [0, 0.05) is 19.2 Å². The zero-order chi connectivity index (χ0) is 14.3. The second-order valence-electron chi connectivity index (χ2n) is 6.38. The van der Waals surface area contributed by atoms with Crippen LogP contribution in [0.1, 0.15) is 90.4 Å². The van der Waals surface area contributed by atoms with Crippen molar-refractivity contribution >= 4 is 0 Å². The van der Waals surface area contributed by atoms with Crippen molar-refractivity contribution in [3.63, 3.8) is 0 Å². The van der Waals surface area contributed by atoms with Crippen LogP contribution in [0.25, 0.3) is 0 Å². The fourth-order valence-electron chi connectivity index (χ4n) is 3.08. The molecule has 0 bridgehead atoms. The van der Waals surface area contributed by atoms with Gasteiger partial charge in [-0.05, 0) is 19.3 Å². The fourth-order valence-corrected chi connectivity index (χ4v) is 3.08. The van der Waals surface area contributed by atoms with Crippen molar-refractivity contribution in [1.29, 1.82) is 0 Å². The molecule has 120 valence electrons. The zero-order valence-electron chi connectivity index (χ0n) is 13.8. The number of rotatable bonds is 14. The summed E-state index contributed by atoms with van der Waals surface area (Å²) in [6.07, 6.45) is 18.1. The summed E-state index contributed by atoms with van der Waals surface area (Å²) in [5.41, 5.74) is 0. The average molecular weight is 284 g/mol. The highest BCUT2D eigenvalue weighted by molar-refractivity contribution is 4.72. The van der Waals surface area contributed by atoms with Gasteiger partial charge in [0.25, 0.3) is 0 Å². The van der Waals surface area contributed by atoms with Crippen molar-refractivity contribution in [2.75, 3.05) is 19.8 Å². The van der Waals surface area contributed by atoms with Crippen LogP contribution in [0.5, 0.6) is 0 Å². The van der Waals surface area contributed by atoms with Crippen LogP contribution < -0.4 is 5.32 Å². The van der Waals surface area contributed by atoms with E-state index in [4.69, 9.17) is 4.74 Å². The van der Waals surface area contributed by atoms with Crippen LogP contribution in [0.15, 0.2) is 0 Å². The molecule has 0 aromatic heterocycles. The summed E-state index contributed by atoms with van der Waals surface area (Å²) < 4.78 is 5.69. The van der Waals surface area contributed by atoms with Gasteiger partial charge in [-0.2, -0.15) is 0 Å². The van der Waals surface area contributed by atoms with E-state index in [0.29, 0.717) is 0 Å². The van der Waals surface area contributed by atoms with Gasteiger partial charge >= 0.3 is 0 Å². The Hall–Kier alpha value is -0.0800. The van der Waals surface area contributed by atoms with Crippen molar-refractivity contribution in [2.45, 2.75) is 96.4 Å². The first-order valence-electron chi connectivity index (χ1n) is 9.24. The maximum Gasteiger partial charge on any atom is 0.0590 e. The number of nitrogens with one attached hydrogen (secondary N) is 1. The van der Waals surface area contributed by atoms with Gasteiger partial charge in [-0.25, -0.2) is 0 Å². The average Bonchev–Trinajstić information content (AvgIpc) is 2.97. The van der Waals surface area contributed by atoms with Crippen LogP contribution in [0.2, 0.25) is 0 Å². The van der Waals surface area contributed by atoms with Crippen molar-refractivity contribution in [2.24, 2.45) is 0 Å². The summed E-state index contributed by atoms with van der Waals surface area (Å²) in [6.45, 7) is 5.18. The third-order valence-corrected chi connectivity index (χ3v) is 4.43. The minimum absolute atomic E-state index is 0.784. The standard InChI is InChI=1S/C18H37NO/c1-2-3-4-5-6-7-8-9-12-16-20-17-15-19-18-13-10-11-14-18/h18-19H,2-17H2,1H3. The molecule has 20 heavy (non-hydrogen) atoms. The molecule has 1 N–H and O–H groups in total. The topological polar surface area (TPSA) is 21.3 Å². The molecule has 1 rings (SSSR count). The van der Waals surface area contributed by atoms with Gasteiger partial charge in [0.15, 0.2) is 0 Å². The SMILES string of the molecule is CCCCCCCCCCCOCCNC1CCCC1. The molecule has 2 nitrogen and oxygen atoms in total. The molecular weight excluding hydrogens is 246 g/mol. The molecule has 1 aliphatic carbocycles. The van der Waals surface area contributed by atoms with Gasteiger partial charge in [0.05, 0.1) is 6.61 Å². The van der Waals surface area contributed by atoms with E-state index in [0.717, 1.165) is 25.8 Å². The Morgan fingerprint density at radius 1 is 0.800 bits per heavy atom. The molecule has 0 heterocycles. The lowest BCUT2D eigenvalue weighted by Gasteiger charge is -2.11. The van der Waals surface area contributed by atoms with Gasteiger partial charge in [0.1, 0.15) is 0 Å². The second-order valence-corrected chi connectivity index (χ2v) is 6.38. The van der Waals surface area contributed by atoms with E-state index in [9.17, 15) is 0 Å². The van der Waals surface area contributed by atoms with Gasteiger partial charge in [-0.1, -0.05) is 71.1 Å². The largest absolute Gasteiger partial charge is 0.380 e. The Labute approximate surface area is 127 Å².